The number of rotatable bonds is 6. The van der Waals surface area contributed by atoms with E-state index in [4.69, 9.17) is 12.2 Å². The van der Waals surface area contributed by atoms with Crippen molar-refractivity contribution in [3.63, 3.8) is 0 Å². The zero-order valence-corrected chi connectivity index (χ0v) is 18.0. The van der Waals surface area contributed by atoms with Gasteiger partial charge in [-0.2, -0.15) is 0 Å². The van der Waals surface area contributed by atoms with Gasteiger partial charge in [-0.1, -0.05) is 33.6 Å². The van der Waals surface area contributed by atoms with Crippen molar-refractivity contribution in [2.24, 2.45) is 5.41 Å². The second kappa shape index (κ2) is 9.72. The van der Waals surface area contributed by atoms with Gasteiger partial charge in [-0.15, -0.1) is 0 Å². The SMILES string of the molecule is CCN(CC)C(=O)[C@@H](NC(=S)N[C@@H]1CCCC[C@H]1N(C)C)C(C)(C)C. The molecule has 0 spiro atoms. The topological polar surface area (TPSA) is 47.6 Å². The molecule has 6 heteroatoms. The van der Waals surface area contributed by atoms with Crippen molar-refractivity contribution >= 4 is 23.2 Å². The maximum atomic E-state index is 12.9. The summed E-state index contributed by atoms with van der Waals surface area (Å²) in [5.41, 5.74) is -0.209. The third-order valence-electron chi connectivity index (χ3n) is 5.17. The van der Waals surface area contributed by atoms with Crippen LogP contribution in [-0.4, -0.2) is 66.1 Å². The maximum absolute atomic E-state index is 12.9. The van der Waals surface area contributed by atoms with E-state index in [1.165, 1.54) is 19.3 Å². The molecule has 0 heterocycles. The van der Waals surface area contributed by atoms with E-state index < -0.39 is 0 Å². The molecule has 146 valence electrons. The molecule has 0 saturated heterocycles. The summed E-state index contributed by atoms with van der Waals surface area (Å²) in [4.78, 5) is 17.1. The highest BCUT2D eigenvalue weighted by Crippen LogP contribution is 2.23. The van der Waals surface area contributed by atoms with E-state index in [0.717, 1.165) is 19.5 Å². The first-order valence-electron chi connectivity index (χ1n) is 9.64. The van der Waals surface area contributed by atoms with Crippen LogP contribution in [-0.2, 0) is 4.79 Å². The molecule has 0 unspecified atom stereocenters. The van der Waals surface area contributed by atoms with Gasteiger partial charge in [0.05, 0.1) is 0 Å². The lowest BCUT2D eigenvalue weighted by Gasteiger charge is -2.39. The van der Waals surface area contributed by atoms with Crippen molar-refractivity contribution < 1.29 is 4.79 Å². The Morgan fingerprint density at radius 2 is 1.72 bits per heavy atom. The lowest BCUT2D eigenvalue weighted by molar-refractivity contribution is -0.135. The maximum Gasteiger partial charge on any atom is 0.245 e. The van der Waals surface area contributed by atoms with Crippen LogP contribution >= 0.6 is 12.2 Å². The number of likely N-dealkylation sites (N-methyl/N-ethyl adjacent to an activating group) is 2. The third kappa shape index (κ3) is 6.41. The summed E-state index contributed by atoms with van der Waals surface area (Å²) >= 11 is 5.59. The average Bonchev–Trinajstić information content (AvgIpc) is 2.52. The van der Waals surface area contributed by atoms with Gasteiger partial charge in [-0.3, -0.25) is 4.79 Å². The molecule has 1 saturated carbocycles. The molecule has 25 heavy (non-hydrogen) atoms. The van der Waals surface area contributed by atoms with Crippen LogP contribution in [0.1, 0.15) is 60.3 Å². The molecule has 0 aromatic heterocycles. The molecule has 1 fully saturated rings. The van der Waals surface area contributed by atoms with Crippen LogP contribution in [0, 0.1) is 5.41 Å². The second-order valence-electron chi connectivity index (χ2n) is 8.35. The van der Waals surface area contributed by atoms with E-state index in [2.05, 4.69) is 50.4 Å². The Morgan fingerprint density at radius 3 is 2.20 bits per heavy atom. The van der Waals surface area contributed by atoms with Gasteiger partial charge >= 0.3 is 0 Å². The molecule has 5 nitrogen and oxygen atoms in total. The van der Waals surface area contributed by atoms with E-state index in [9.17, 15) is 4.79 Å². The number of amides is 1. The minimum atomic E-state index is -0.325. The van der Waals surface area contributed by atoms with Crippen LogP contribution in [0.5, 0.6) is 0 Å². The fourth-order valence-electron chi connectivity index (χ4n) is 3.61. The first kappa shape index (κ1) is 22.2. The smallest absolute Gasteiger partial charge is 0.245 e. The van der Waals surface area contributed by atoms with Gasteiger partial charge in [0.1, 0.15) is 6.04 Å². The number of carbonyl (C=O) groups excluding carboxylic acids is 1. The highest BCUT2D eigenvalue weighted by Gasteiger charge is 2.35. The zero-order chi connectivity index (χ0) is 19.2. The molecule has 1 aliphatic carbocycles. The molecule has 0 aromatic rings. The predicted octanol–water partition coefficient (Wildman–Crippen LogP) is 2.61. The van der Waals surface area contributed by atoms with E-state index in [1.807, 2.05) is 18.7 Å². The Kier molecular flexibility index (Phi) is 8.61. The van der Waals surface area contributed by atoms with E-state index in [-0.39, 0.29) is 17.4 Å². The van der Waals surface area contributed by atoms with Crippen molar-refractivity contribution in [3.8, 4) is 0 Å². The summed E-state index contributed by atoms with van der Waals surface area (Å²) in [5.74, 6) is 0.120. The number of nitrogens with one attached hydrogen (secondary N) is 2. The fraction of sp³-hybridized carbons (Fsp3) is 0.895. The minimum Gasteiger partial charge on any atom is -0.358 e. The van der Waals surface area contributed by atoms with Crippen LogP contribution in [0.2, 0.25) is 0 Å². The highest BCUT2D eigenvalue weighted by molar-refractivity contribution is 7.80. The Morgan fingerprint density at radius 1 is 1.16 bits per heavy atom. The first-order chi connectivity index (χ1) is 11.6. The molecule has 0 aliphatic heterocycles. The Hall–Kier alpha value is -0.880. The van der Waals surface area contributed by atoms with Gasteiger partial charge in [0.25, 0.3) is 0 Å². The number of carbonyl (C=O) groups is 1. The quantitative estimate of drug-likeness (QED) is 0.704. The molecular weight excluding hydrogens is 332 g/mol. The molecule has 3 atom stereocenters. The number of thiocarbonyl (C=S) groups is 1. The standard InChI is InChI=1S/C19H38N4OS/c1-8-23(9-2)17(24)16(19(3,4)5)21-18(25)20-14-12-10-11-13-15(14)22(6)7/h14-16H,8-13H2,1-7H3,(H2,20,21,25)/t14-,15-,16-/m1/s1. The summed E-state index contributed by atoms with van der Waals surface area (Å²) in [6, 6.07) is 0.502. The lowest BCUT2D eigenvalue weighted by Crippen LogP contribution is -2.59. The van der Waals surface area contributed by atoms with Crippen LogP contribution in [0.15, 0.2) is 0 Å². The molecule has 1 rings (SSSR count). The summed E-state index contributed by atoms with van der Waals surface area (Å²) in [5, 5.41) is 7.41. The average molecular weight is 371 g/mol. The number of hydrogen-bond acceptors (Lipinski definition) is 3. The molecule has 0 bridgehead atoms. The molecular formula is C19H38N4OS. The first-order valence-corrected chi connectivity index (χ1v) is 10.0. The molecule has 1 amide bonds. The van der Waals surface area contributed by atoms with Crippen molar-refractivity contribution in [3.05, 3.63) is 0 Å². The normalized spacial score (nSPS) is 22.4. The zero-order valence-electron chi connectivity index (χ0n) is 17.2. The van der Waals surface area contributed by atoms with Crippen LogP contribution < -0.4 is 10.6 Å². The third-order valence-corrected chi connectivity index (χ3v) is 5.41. The van der Waals surface area contributed by atoms with E-state index in [1.54, 1.807) is 0 Å². The second-order valence-corrected chi connectivity index (χ2v) is 8.76. The van der Waals surface area contributed by atoms with Gasteiger partial charge in [0, 0.05) is 25.2 Å². The molecule has 1 aliphatic rings. The lowest BCUT2D eigenvalue weighted by atomic mass is 9.85. The minimum absolute atomic E-state index is 0.120. The van der Waals surface area contributed by atoms with E-state index in [0.29, 0.717) is 17.2 Å². The Labute approximate surface area is 159 Å². The van der Waals surface area contributed by atoms with Crippen LogP contribution in [0.3, 0.4) is 0 Å². The van der Waals surface area contributed by atoms with Crippen LogP contribution in [0.25, 0.3) is 0 Å². The van der Waals surface area contributed by atoms with Crippen LogP contribution in [0.4, 0.5) is 0 Å². The summed E-state index contributed by atoms with van der Waals surface area (Å²) in [7, 11) is 4.26. The van der Waals surface area contributed by atoms with Gasteiger partial charge in [-0.25, -0.2) is 0 Å². The highest BCUT2D eigenvalue weighted by atomic mass is 32.1. The molecule has 0 radical (unpaired) electrons. The summed E-state index contributed by atoms with van der Waals surface area (Å²) in [6.07, 6.45) is 4.81. The van der Waals surface area contributed by atoms with Gasteiger partial charge in [0.15, 0.2) is 5.11 Å². The van der Waals surface area contributed by atoms with Crippen molar-refractivity contribution in [2.45, 2.75) is 78.4 Å². The number of hydrogen-bond donors (Lipinski definition) is 2. The molecule has 2 N–H and O–H groups in total. The monoisotopic (exact) mass is 370 g/mol. The van der Waals surface area contributed by atoms with Crippen molar-refractivity contribution in [1.82, 2.24) is 20.4 Å². The fourth-order valence-corrected chi connectivity index (χ4v) is 3.87. The Balaban J connectivity index is 2.79. The van der Waals surface area contributed by atoms with Gasteiger partial charge in [-0.05, 0) is 58.4 Å². The van der Waals surface area contributed by atoms with Gasteiger partial charge < -0.3 is 20.4 Å². The molecule has 0 aromatic carbocycles. The van der Waals surface area contributed by atoms with Crippen molar-refractivity contribution in [2.75, 3.05) is 27.2 Å². The van der Waals surface area contributed by atoms with E-state index >= 15 is 0 Å². The Bertz CT molecular complexity index is 443. The summed E-state index contributed by atoms with van der Waals surface area (Å²) < 4.78 is 0. The van der Waals surface area contributed by atoms with Crippen molar-refractivity contribution in [1.29, 1.82) is 0 Å². The van der Waals surface area contributed by atoms with Gasteiger partial charge in [0.2, 0.25) is 5.91 Å². The largest absolute Gasteiger partial charge is 0.358 e. The summed E-state index contributed by atoms with van der Waals surface area (Å²) in [6.45, 7) is 11.7. The number of nitrogens with zero attached hydrogens (tertiary/aromatic N) is 2. The predicted molar refractivity (Wildman–Crippen MR) is 110 cm³/mol.